The second-order valence-corrected chi connectivity index (χ2v) is 17.9. The van der Waals surface area contributed by atoms with E-state index in [1.807, 2.05) is 0 Å². The Labute approximate surface area is 299 Å². The molecule has 8 rings (SSSR count). The Balaban J connectivity index is 1.26. The van der Waals surface area contributed by atoms with Crippen LogP contribution in [-0.2, 0) is 0 Å². The lowest BCUT2D eigenvalue weighted by Crippen LogP contribution is -2.29. The number of benzene rings is 7. The second-order valence-electron chi connectivity index (χ2n) is 11.9. The van der Waals surface area contributed by atoms with Crippen molar-refractivity contribution in [2.24, 2.45) is 0 Å². The molecule has 0 aliphatic carbocycles. The molecule has 0 amide bonds. The summed E-state index contributed by atoms with van der Waals surface area (Å²) >= 11 is 0. The first kappa shape index (κ1) is 32.4. The molecule has 0 saturated carbocycles. The van der Waals surface area contributed by atoms with E-state index in [0.29, 0.717) is 0 Å². The zero-order chi connectivity index (χ0) is 33.5. The van der Waals surface area contributed by atoms with Crippen LogP contribution in [0.25, 0.3) is 0 Å². The highest BCUT2D eigenvalue weighted by Gasteiger charge is 2.40. The molecule has 1 aliphatic heterocycles. The van der Waals surface area contributed by atoms with Crippen molar-refractivity contribution >= 4 is 67.5 Å². The zero-order valence-corrected chi connectivity index (χ0v) is 30.3. The minimum Gasteiger partial charge on any atom is -0.436 e. The van der Waals surface area contributed by atoms with E-state index < -0.39 is 24.3 Å². The van der Waals surface area contributed by atoms with Crippen LogP contribution in [0.3, 0.4) is 0 Å². The van der Waals surface area contributed by atoms with Gasteiger partial charge in [-0.2, -0.15) is 0 Å². The van der Waals surface area contributed by atoms with Crippen molar-refractivity contribution < 1.29 is 4.52 Å². The van der Waals surface area contributed by atoms with E-state index in [-0.39, 0.29) is 0 Å². The van der Waals surface area contributed by atoms with Crippen molar-refractivity contribution in [1.29, 1.82) is 0 Å². The van der Waals surface area contributed by atoms with E-state index in [9.17, 15) is 0 Å². The third-order valence-electron chi connectivity index (χ3n) is 8.73. The molecule has 1 fully saturated rings. The van der Waals surface area contributed by atoms with E-state index in [1.165, 1.54) is 43.2 Å². The molecule has 0 aromatic heterocycles. The van der Waals surface area contributed by atoms with Crippen LogP contribution in [0.1, 0.15) is 0 Å². The molecule has 0 radical (unpaired) electrons. The summed E-state index contributed by atoms with van der Waals surface area (Å²) in [5.41, 5.74) is 2.48. The topological polar surface area (TPSA) is 15.7 Å². The molecule has 6 heteroatoms. The van der Waals surface area contributed by atoms with Crippen LogP contribution in [0.2, 0.25) is 0 Å². The molecule has 50 heavy (non-hydrogen) atoms. The molecule has 244 valence electrons. The van der Waals surface area contributed by atoms with Crippen LogP contribution in [0.15, 0.2) is 200 Å². The summed E-state index contributed by atoms with van der Waals surface area (Å²) in [7, 11) is -2.89. The minimum atomic E-state index is -1.27. The van der Waals surface area contributed by atoms with Crippen LogP contribution in [0.5, 0.6) is 5.75 Å². The largest absolute Gasteiger partial charge is 0.436 e. The summed E-state index contributed by atoms with van der Waals surface area (Å²) in [6, 6.07) is 72.3. The molecule has 7 aromatic rings. The van der Waals surface area contributed by atoms with Gasteiger partial charge in [0.15, 0.2) is 0 Å². The smallest absolute Gasteiger partial charge is 0.310 e. The normalized spacial score (nSPS) is 13.2. The van der Waals surface area contributed by atoms with E-state index in [2.05, 4.69) is 210 Å². The molecule has 0 spiro atoms. The first-order chi connectivity index (χ1) is 24.8. The molecular weight excluding hydrogens is 665 g/mol. The molecule has 0 N–H and O–H groups in total. The minimum absolute atomic E-state index is 0.809. The molecule has 7 aromatic carbocycles. The number of nitrogens with zero attached hydrogens (tertiary/aromatic N) is 2. The summed E-state index contributed by atoms with van der Waals surface area (Å²) in [5.74, 6) is 0.882. The van der Waals surface area contributed by atoms with Gasteiger partial charge in [0.05, 0.1) is 11.4 Å². The Morgan fingerprint density at radius 3 is 1.02 bits per heavy atom. The van der Waals surface area contributed by atoms with Gasteiger partial charge in [-0.15, -0.1) is 0 Å². The maximum absolute atomic E-state index is 7.13. The lowest BCUT2D eigenvalue weighted by atomic mass is 10.3. The average Bonchev–Trinajstić information content (AvgIpc) is 3.60. The maximum atomic E-state index is 7.13. The summed E-state index contributed by atoms with van der Waals surface area (Å²) < 4.78 is 12.2. The fourth-order valence-electron chi connectivity index (χ4n) is 6.50. The van der Waals surface area contributed by atoms with Gasteiger partial charge < -0.3 is 4.52 Å². The number of para-hydroxylation sites is 3. The van der Waals surface area contributed by atoms with Gasteiger partial charge in [0, 0.05) is 23.7 Å². The summed E-state index contributed by atoms with van der Waals surface area (Å²) in [6.07, 6.45) is 0. The highest BCUT2D eigenvalue weighted by Crippen LogP contribution is 2.55. The van der Waals surface area contributed by atoms with Crippen LogP contribution in [-0.4, -0.2) is 13.1 Å². The predicted octanol–water partition coefficient (Wildman–Crippen LogP) is 8.84. The van der Waals surface area contributed by atoms with Crippen molar-refractivity contribution in [2.45, 2.75) is 0 Å². The molecule has 1 saturated heterocycles. The van der Waals surface area contributed by atoms with Gasteiger partial charge >= 0.3 is 8.45 Å². The zero-order valence-electron chi connectivity index (χ0n) is 27.6. The quantitative estimate of drug-likeness (QED) is 0.133. The standard InChI is InChI=1S/C44H37N2OP3/c1-6-20-36(21-7-1)47-50-45(41-30-16-18-32-43(41)48(37-22-8-2-9-23-37)38-24-10-3-11-25-38)34-35-46(50)42-31-17-19-33-44(42)49(39-26-12-4-13-27-39)40-28-14-5-15-29-40/h1-33H,34-35H2. The third-order valence-corrected chi connectivity index (χ3v) is 15.7. The fourth-order valence-corrected chi connectivity index (χ4v) is 13.6. The highest BCUT2D eigenvalue weighted by molar-refractivity contribution is 7.80. The third kappa shape index (κ3) is 6.83. The van der Waals surface area contributed by atoms with Crippen molar-refractivity contribution in [3.05, 3.63) is 200 Å². The Morgan fingerprint density at radius 1 is 0.360 bits per heavy atom. The van der Waals surface area contributed by atoms with Gasteiger partial charge in [-0.3, -0.25) is 9.34 Å². The van der Waals surface area contributed by atoms with Crippen LogP contribution in [0.4, 0.5) is 11.4 Å². The summed E-state index contributed by atoms with van der Waals surface area (Å²) in [4.78, 5) is 0. The van der Waals surface area contributed by atoms with Crippen LogP contribution in [0, 0.1) is 0 Å². The van der Waals surface area contributed by atoms with E-state index in [0.717, 1.165) is 18.8 Å². The van der Waals surface area contributed by atoms with Crippen LogP contribution < -0.4 is 45.7 Å². The van der Waals surface area contributed by atoms with Gasteiger partial charge in [-0.05, 0) is 61.3 Å². The van der Waals surface area contributed by atoms with Crippen molar-refractivity contribution in [3.63, 3.8) is 0 Å². The summed E-state index contributed by atoms with van der Waals surface area (Å²) in [6.45, 7) is 1.70. The molecular formula is C44H37N2OP3. The maximum Gasteiger partial charge on any atom is 0.310 e. The summed E-state index contributed by atoms with van der Waals surface area (Å²) in [5, 5.41) is 8.05. The lowest BCUT2D eigenvalue weighted by Gasteiger charge is -2.34. The second kappa shape index (κ2) is 15.4. The van der Waals surface area contributed by atoms with Gasteiger partial charge in [-0.1, -0.05) is 176 Å². The van der Waals surface area contributed by atoms with Crippen molar-refractivity contribution in [2.75, 3.05) is 22.4 Å². The SMILES string of the molecule is c1ccc(OP2N(c3ccccc3P(c3ccccc3)c3ccccc3)CCN2c2ccccc2P(c2ccccc2)c2ccccc2)cc1. The molecule has 3 nitrogen and oxygen atoms in total. The molecule has 0 bridgehead atoms. The Morgan fingerprint density at radius 2 is 0.660 bits per heavy atom. The Kier molecular flexibility index (Phi) is 10.00. The van der Waals surface area contributed by atoms with E-state index in [1.54, 1.807) is 0 Å². The Bertz CT molecular complexity index is 1910. The average molecular weight is 703 g/mol. The number of hydrogen-bond donors (Lipinski definition) is 0. The molecule has 0 atom stereocenters. The van der Waals surface area contributed by atoms with Crippen molar-refractivity contribution in [1.82, 2.24) is 0 Å². The molecule has 1 heterocycles. The van der Waals surface area contributed by atoms with Gasteiger partial charge in [0.25, 0.3) is 0 Å². The van der Waals surface area contributed by atoms with E-state index >= 15 is 0 Å². The lowest BCUT2D eigenvalue weighted by molar-refractivity contribution is 0.612. The van der Waals surface area contributed by atoms with Gasteiger partial charge in [-0.25, -0.2) is 0 Å². The Hall–Kier alpha value is -4.77. The van der Waals surface area contributed by atoms with Gasteiger partial charge in [0.2, 0.25) is 0 Å². The number of hydrogen-bond acceptors (Lipinski definition) is 3. The van der Waals surface area contributed by atoms with Crippen LogP contribution >= 0.6 is 24.3 Å². The van der Waals surface area contributed by atoms with E-state index in [4.69, 9.17) is 4.52 Å². The number of anilines is 2. The molecule has 1 aliphatic rings. The fraction of sp³-hybridized carbons (Fsp3) is 0.0455. The van der Waals surface area contributed by atoms with Gasteiger partial charge in [0.1, 0.15) is 5.75 Å². The monoisotopic (exact) mass is 702 g/mol. The first-order valence-corrected chi connectivity index (χ1v) is 20.8. The number of rotatable bonds is 10. The highest BCUT2D eigenvalue weighted by atomic mass is 31.2. The van der Waals surface area contributed by atoms with Crippen molar-refractivity contribution in [3.8, 4) is 5.75 Å². The first-order valence-electron chi connectivity index (χ1n) is 16.9. The predicted molar refractivity (Wildman–Crippen MR) is 219 cm³/mol. The molecule has 0 unspecified atom stereocenters.